The SMILES string of the molecule is Cc1ccccc1-c1noc(CNC(=S)Nc2ccc(Br)cc2)n1. The van der Waals surface area contributed by atoms with E-state index in [0.29, 0.717) is 23.4 Å². The number of aromatic nitrogens is 2. The van der Waals surface area contributed by atoms with Crippen LogP contribution in [0.15, 0.2) is 57.5 Å². The first-order valence-electron chi connectivity index (χ1n) is 7.31. The first-order chi connectivity index (χ1) is 11.6. The van der Waals surface area contributed by atoms with Gasteiger partial charge in [-0.25, -0.2) is 0 Å². The van der Waals surface area contributed by atoms with Gasteiger partial charge in [0.05, 0.1) is 6.54 Å². The van der Waals surface area contributed by atoms with Crippen molar-refractivity contribution in [2.45, 2.75) is 13.5 Å². The van der Waals surface area contributed by atoms with Gasteiger partial charge in [0.2, 0.25) is 11.7 Å². The Morgan fingerprint density at radius 3 is 2.67 bits per heavy atom. The fourth-order valence-corrected chi connectivity index (χ4v) is 2.58. The van der Waals surface area contributed by atoms with E-state index >= 15 is 0 Å². The molecule has 1 aromatic heterocycles. The lowest BCUT2D eigenvalue weighted by atomic mass is 10.1. The van der Waals surface area contributed by atoms with E-state index in [1.54, 1.807) is 0 Å². The van der Waals surface area contributed by atoms with E-state index in [1.807, 2.05) is 55.5 Å². The van der Waals surface area contributed by atoms with Crippen molar-refractivity contribution < 1.29 is 4.52 Å². The molecule has 0 saturated heterocycles. The van der Waals surface area contributed by atoms with E-state index in [0.717, 1.165) is 21.3 Å². The van der Waals surface area contributed by atoms with Gasteiger partial charge in [-0.3, -0.25) is 0 Å². The predicted molar refractivity (Wildman–Crippen MR) is 102 cm³/mol. The maximum Gasteiger partial charge on any atom is 0.246 e. The number of halogens is 1. The van der Waals surface area contributed by atoms with Gasteiger partial charge in [0, 0.05) is 15.7 Å². The summed E-state index contributed by atoms with van der Waals surface area (Å²) in [4.78, 5) is 4.40. The Kier molecular flexibility index (Phi) is 5.22. The number of nitrogens with one attached hydrogen (secondary N) is 2. The summed E-state index contributed by atoms with van der Waals surface area (Å²) in [6, 6.07) is 15.7. The second-order valence-corrected chi connectivity index (χ2v) is 6.47. The van der Waals surface area contributed by atoms with Crippen LogP contribution in [0.3, 0.4) is 0 Å². The fourth-order valence-electron chi connectivity index (χ4n) is 2.12. The van der Waals surface area contributed by atoms with Crippen LogP contribution in [0.1, 0.15) is 11.5 Å². The van der Waals surface area contributed by atoms with E-state index in [9.17, 15) is 0 Å². The molecule has 2 aromatic carbocycles. The highest BCUT2D eigenvalue weighted by molar-refractivity contribution is 9.10. The van der Waals surface area contributed by atoms with Crippen molar-refractivity contribution in [1.82, 2.24) is 15.5 Å². The standard InChI is InChI=1S/C17H15BrN4OS/c1-11-4-2-3-5-14(11)16-21-15(23-22-16)10-19-17(24)20-13-8-6-12(18)7-9-13/h2-9H,10H2,1H3,(H2,19,20,24). The Balaban J connectivity index is 1.58. The van der Waals surface area contributed by atoms with Gasteiger partial charge in [-0.15, -0.1) is 0 Å². The lowest BCUT2D eigenvalue weighted by Gasteiger charge is -2.08. The van der Waals surface area contributed by atoms with Crippen molar-refractivity contribution in [2.75, 3.05) is 5.32 Å². The third-order valence-corrected chi connectivity index (χ3v) is 4.13. The van der Waals surface area contributed by atoms with Crippen molar-refractivity contribution >= 4 is 38.9 Å². The van der Waals surface area contributed by atoms with E-state index in [1.165, 1.54) is 0 Å². The summed E-state index contributed by atoms with van der Waals surface area (Å²) in [5.41, 5.74) is 2.97. The first-order valence-corrected chi connectivity index (χ1v) is 8.51. The van der Waals surface area contributed by atoms with E-state index in [2.05, 4.69) is 36.7 Å². The summed E-state index contributed by atoms with van der Waals surface area (Å²) in [6.07, 6.45) is 0. The van der Waals surface area contributed by atoms with Crippen LogP contribution >= 0.6 is 28.1 Å². The third-order valence-electron chi connectivity index (χ3n) is 3.36. The molecule has 1 heterocycles. The number of benzene rings is 2. The molecule has 122 valence electrons. The van der Waals surface area contributed by atoms with E-state index in [4.69, 9.17) is 16.7 Å². The number of thiocarbonyl (C=S) groups is 1. The van der Waals surface area contributed by atoms with Crippen LogP contribution in [0, 0.1) is 6.92 Å². The Morgan fingerprint density at radius 2 is 1.92 bits per heavy atom. The van der Waals surface area contributed by atoms with Gasteiger partial charge in [-0.2, -0.15) is 4.98 Å². The summed E-state index contributed by atoms with van der Waals surface area (Å²) in [6.45, 7) is 2.38. The zero-order valence-electron chi connectivity index (χ0n) is 12.9. The van der Waals surface area contributed by atoms with E-state index < -0.39 is 0 Å². The van der Waals surface area contributed by atoms with Gasteiger partial charge < -0.3 is 15.2 Å². The first kappa shape index (κ1) is 16.6. The smallest absolute Gasteiger partial charge is 0.246 e. The van der Waals surface area contributed by atoms with Crippen molar-refractivity contribution in [2.24, 2.45) is 0 Å². The average Bonchev–Trinajstić information content (AvgIpc) is 3.04. The minimum atomic E-state index is 0.362. The van der Waals surface area contributed by atoms with Crippen LogP contribution in [0.25, 0.3) is 11.4 Å². The Hall–Kier alpha value is -2.25. The molecule has 0 aliphatic carbocycles. The van der Waals surface area contributed by atoms with Crippen LogP contribution in [0.4, 0.5) is 5.69 Å². The maximum atomic E-state index is 5.27. The monoisotopic (exact) mass is 402 g/mol. The largest absolute Gasteiger partial charge is 0.353 e. The summed E-state index contributed by atoms with van der Waals surface area (Å²) in [5, 5.41) is 10.7. The highest BCUT2D eigenvalue weighted by Crippen LogP contribution is 2.19. The summed E-state index contributed by atoms with van der Waals surface area (Å²) in [7, 11) is 0. The number of nitrogens with zero attached hydrogens (tertiary/aromatic N) is 2. The minimum Gasteiger partial charge on any atom is -0.353 e. The van der Waals surface area contributed by atoms with Gasteiger partial charge in [-0.05, 0) is 49.0 Å². The molecule has 0 radical (unpaired) electrons. The molecule has 0 aliphatic rings. The molecule has 0 unspecified atom stereocenters. The Bertz CT molecular complexity index is 848. The Labute approximate surface area is 153 Å². The topological polar surface area (TPSA) is 63.0 Å². The quantitative estimate of drug-likeness (QED) is 0.634. The summed E-state index contributed by atoms with van der Waals surface area (Å²) in [5.74, 6) is 1.06. The van der Waals surface area contributed by atoms with Crippen LogP contribution in [-0.4, -0.2) is 15.3 Å². The second-order valence-electron chi connectivity index (χ2n) is 5.14. The molecule has 3 rings (SSSR count). The average molecular weight is 403 g/mol. The minimum absolute atomic E-state index is 0.362. The number of hydrogen-bond donors (Lipinski definition) is 2. The zero-order chi connectivity index (χ0) is 16.9. The lowest BCUT2D eigenvalue weighted by molar-refractivity contribution is 0.376. The van der Waals surface area contributed by atoms with Gasteiger partial charge in [0.1, 0.15) is 0 Å². The van der Waals surface area contributed by atoms with Crippen LogP contribution in [-0.2, 0) is 6.54 Å². The van der Waals surface area contributed by atoms with Gasteiger partial charge in [0.25, 0.3) is 0 Å². The molecule has 24 heavy (non-hydrogen) atoms. The number of anilines is 1. The summed E-state index contributed by atoms with van der Waals surface area (Å²) < 4.78 is 6.29. The molecule has 3 aromatic rings. The molecular weight excluding hydrogens is 388 g/mol. The molecule has 0 fully saturated rings. The number of aryl methyl sites for hydroxylation is 1. The highest BCUT2D eigenvalue weighted by Gasteiger charge is 2.10. The normalized spacial score (nSPS) is 10.4. The van der Waals surface area contributed by atoms with Crippen molar-refractivity contribution in [1.29, 1.82) is 0 Å². The molecule has 5 nitrogen and oxygen atoms in total. The summed E-state index contributed by atoms with van der Waals surface area (Å²) >= 11 is 8.66. The number of rotatable bonds is 4. The van der Waals surface area contributed by atoms with Gasteiger partial charge in [0.15, 0.2) is 5.11 Å². The van der Waals surface area contributed by atoms with Gasteiger partial charge in [-0.1, -0.05) is 45.4 Å². The maximum absolute atomic E-state index is 5.27. The third kappa shape index (κ3) is 4.18. The molecule has 0 saturated carbocycles. The molecular formula is C17H15BrN4OS. The van der Waals surface area contributed by atoms with Crippen LogP contribution in [0.5, 0.6) is 0 Å². The molecule has 0 aliphatic heterocycles. The van der Waals surface area contributed by atoms with Gasteiger partial charge >= 0.3 is 0 Å². The van der Waals surface area contributed by atoms with E-state index in [-0.39, 0.29) is 0 Å². The molecule has 7 heteroatoms. The fraction of sp³-hybridized carbons (Fsp3) is 0.118. The second kappa shape index (κ2) is 7.55. The molecule has 0 spiro atoms. The highest BCUT2D eigenvalue weighted by atomic mass is 79.9. The van der Waals surface area contributed by atoms with Crippen LogP contribution in [0.2, 0.25) is 0 Å². The molecule has 0 atom stereocenters. The Morgan fingerprint density at radius 1 is 1.17 bits per heavy atom. The van der Waals surface area contributed by atoms with Crippen molar-refractivity contribution in [3.05, 3.63) is 64.5 Å². The molecule has 0 bridgehead atoms. The van der Waals surface area contributed by atoms with Crippen LogP contribution < -0.4 is 10.6 Å². The molecule has 2 N–H and O–H groups in total. The molecule has 0 amide bonds. The van der Waals surface area contributed by atoms with Crippen molar-refractivity contribution in [3.63, 3.8) is 0 Å². The zero-order valence-corrected chi connectivity index (χ0v) is 15.3. The number of hydrogen-bond acceptors (Lipinski definition) is 4. The predicted octanol–water partition coefficient (Wildman–Crippen LogP) is 4.29. The van der Waals surface area contributed by atoms with Crippen molar-refractivity contribution in [3.8, 4) is 11.4 Å². The lowest BCUT2D eigenvalue weighted by Crippen LogP contribution is -2.27.